The van der Waals surface area contributed by atoms with Crippen LogP contribution in [0.15, 0.2) is 6.33 Å². The number of rotatable bonds is 3. The van der Waals surface area contributed by atoms with Crippen molar-refractivity contribution in [3.05, 3.63) is 16.8 Å². The van der Waals surface area contributed by atoms with Gasteiger partial charge in [-0.3, -0.25) is 4.79 Å². The lowest BCUT2D eigenvalue weighted by Gasteiger charge is -2.28. The maximum atomic E-state index is 9.22. The number of nitrogens with two attached hydrogens (primary N) is 1. The fourth-order valence-electron chi connectivity index (χ4n) is 3.62. The molecule has 4 rings (SSSR count). The Kier molecular flexibility index (Phi) is 8.44. The zero-order valence-corrected chi connectivity index (χ0v) is 17.7. The number of thiophene rings is 1. The molecule has 3 N–H and O–H groups in total. The van der Waals surface area contributed by atoms with Crippen molar-refractivity contribution in [2.45, 2.75) is 77.9 Å². The van der Waals surface area contributed by atoms with Crippen LogP contribution in [0.1, 0.15) is 63.3 Å². The van der Waals surface area contributed by atoms with Crippen molar-refractivity contribution < 1.29 is 9.53 Å². The quantitative estimate of drug-likeness (QED) is 0.833. The van der Waals surface area contributed by atoms with Gasteiger partial charge in [0.2, 0.25) is 11.8 Å². The molecule has 1 amide bonds. The van der Waals surface area contributed by atoms with Gasteiger partial charge in [-0.05, 0) is 57.6 Å². The number of fused-ring (bicyclic) bond motifs is 3. The fraction of sp³-hybridized carbons (Fsp3) is 0.650. The molecule has 2 aromatic heterocycles. The largest absolute Gasteiger partial charge is 0.474 e. The van der Waals surface area contributed by atoms with E-state index in [1.54, 1.807) is 6.33 Å². The van der Waals surface area contributed by atoms with Crippen LogP contribution in [-0.4, -0.2) is 35.1 Å². The maximum Gasteiger partial charge on any atom is 0.225 e. The molecule has 0 bridgehead atoms. The number of aryl methyl sites for hydroxylation is 2. The highest BCUT2D eigenvalue weighted by Gasteiger charge is 2.25. The number of nitrogens with one attached hydrogen (secondary N) is 1. The van der Waals surface area contributed by atoms with Crippen molar-refractivity contribution in [3.8, 4) is 5.88 Å². The van der Waals surface area contributed by atoms with Crippen LogP contribution < -0.4 is 15.8 Å². The number of nitrogens with zero attached hydrogens (tertiary/aromatic N) is 2. The molecule has 6 nitrogen and oxygen atoms in total. The van der Waals surface area contributed by atoms with Gasteiger partial charge in [0.15, 0.2) is 0 Å². The first-order valence-electron chi connectivity index (χ1n) is 9.93. The van der Waals surface area contributed by atoms with E-state index >= 15 is 0 Å². The van der Waals surface area contributed by atoms with Crippen LogP contribution in [0.4, 0.5) is 0 Å². The molecule has 0 saturated heterocycles. The highest BCUT2D eigenvalue weighted by molar-refractivity contribution is 7.18. The number of aromatic nitrogens is 2. The van der Waals surface area contributed by atoms with E-state index in [2.05, 4.69) is 28.1 Å². The summed E-state index contributed by atoms with van der Waals surface area (Å²) in [7, 11) is 2.05. The molecule has 2 aliphatic carbocycles. The van der Waals surface area contributed by atoms with Crippen LogP contribution in [0.3, 0.4) is 0 Å². The van der Waals surface area contributed by atoms with Crippen LogP contribution >= 0.6 is 11.3 Å². The third-order valence-electron chi connectivity index (χ3n) is 4.83. The Morgan fingerprint density at radius 2 is 1.89 bits per heavy atom. The van der Waals surface area contributed by atoms with Crippen molar-refractivity contribution in [2.24, 2.45) is 5.73 Å². The molecule has 2 aromatic rings. The van der Waals surface area contributed by atoms with Crippen LogP contribution in [0.25, 0.3) is 10.2 Å². The summed E-state index contributed by atoms with van der Waals surface area (Å²) >= 11 is 1.83. The van der Waals surface area contributed by atoms with E-state index in [9.17, 15) is 4.79 Å². The number of carbonyl (C=O) groups is 1. The van der Waals surface area contributed by atoms with E-state index in [1.165, 1.54) is 48.4 Å². The average Bonchev–Trinajstić information content (AvgIpc) is 3.25. The molecular weight excluding hydrogens is 360 g/mol. The zero-order chi connectivity index (χ0) is 19.8. The lowest BCUT2D eigenvalue weighted by atomic mass is 9.93. The van der Waals surface area contributed by atoms with E-state index in [4.69, 9.17) is 4.74 Å². The lowest BCUT2D eigenvalue weighted by Crippen LogP contribution is -2.34. The molecule has 2 heterocycles. The predicted molar refractivity (Wildman–Crippen MR) is 111 cm³/mol. The van der Waals surface area contributed by atoms with Gasteiger partial charge in [0.25, 0.3) is 0 Å². The second-order valence-electron chi connectivity index (χ2n) is 6.71. The van der Waals surface area contributed by atoms with Crippen molar-refractivity contribution in [3.63, 3.8) is 0 Å². The number of primary amides is 1. The Balaban J connectivity index is 0.000000389. The summed E-state index contributed by atoms with van der Waals surface area (Å²) < 4.78 is 6.27. The summed E-state index contributed by atoms with van der Waals surface area (Å²) in [4.78, 5) is 20.7. The summed E-state index contributed by atoms with van der Waals surface area (Å²) in [5.41, 5.74) is 5.93. The van der Waals surface area contributed by atoms with E-state index in [1.807, 2.05) is 25.2 Å². The smallest absolute Gasteiger partial charge is 0.225 e. The molecular formula is C20H32N4O2S. The lowest BCUT2D eigenvalue weighted by molar-refractivity contribution is -0.115. The van der Waals surface area contributed by atoms with E-state index in [-0.39, 0.29) is 5.91 Å². The monoisotopic (exact) mass is 392 g/mol. The third kappa shape index (κ3) is 5.62. The number of ether oxygens (including phenoxy) is 1. The van der Waals surface area contributed by atoms with Gasteiger partial charge < -0.3 is 15.8 Å². The van der Waals surface area contributed by atoms with Gasteiger partial charge >= 0.3 is 0 Å². The Bertz CT molecular complexity index is 735. The van der Waals surface area contributed by atoms with Gasteiger partial charge in [-0.2, -0.15) is 0 Å². The predicted octanol–water partition coefficient (Wildman–Crippen LogP) is 3.61. The summed E-state index contributed by atoms with van der Waals surface area (Å²) in [6.45, 7) is 5.31. The minimum absolute atomic E-state index is 0.310. The van der Waals surface area contributed by atoms with Crippen LogP contribution in [-0.2, 0) is 17.6 Å². The van der Waals surface area contributed by atoms with Crippen LogP contribution in [0.2, 0.25) is 0 Å². The second-order valence-corrected chi connectivity index (χ2v) is 7.79. The molecule has 0 unspecified atom stereocenters. The number of carbonyl (C=O) groups excluding carboxylic acids is 1. The first kappa shape index (κ1) is 21.6. The highest BCUT2D eigenvalue weighted by Crippen LogP contribution is 2.40. The van der Waals surface area contributed by atoms with Crippen molar-refractivity contribution in [1.29, 1.82) is 0 Å². The van der Waals surface area contributed by atoms with Crippen LogP contribution in [0, 0.1) is 0 Å². The standard InChI is InChI=1S/C16H21N3OS.C2H5NO.C2H6/c1-17-10-5-7-11(8-6-10)20-15-14-12-3-2-4-13(12)21-16(14)19-9-18-15;1-2(3)4;1-2/h9-11,17H,2-8H2,1H3;1H3,(H2,3,4);1-2H3. The molecule has 1 saturated carbocycles. The Morgan fingerprint density at radius 1 is 1.22 bits per heavy atom. The van der Waals surface area contributed by atoms with Crippen molar-refractivity contribution >= 4 is 27.5 Å². The molecule has 0 aromatic carbocycles. The van der Waals surface area contributed by atoms with Gasteiger partial charge in [-0.15, -0.1) is 11.3 Å². The minimum atomic E-state index is -0.333. The molecule has 27 heavy (non-hydrogen) atoms. The molecule has 150 valence electrons. The van der Waals surface area contributed by atoms with Crippen molar-refractivity contribution in [1.82, 2.24) is 15.3 Å². The molecule has 0 aliphatic heterocycles. The molecule has 0 radical (unpaired) electrons. The zero-order valence-electron chi connectivity index (χ0n) is 16.9. The summed E-state index contributed by atoms with van der Waals surface area (Å²) in [6.07, 6.45) is 10.2. The minimum Gasteiger partial charge on any atom is -0.474 e. The highest BCUT2D eigenvalue weighted by atomic mass is 32.1. The van der Waals surface area contributed by atoms with Gasteiger partial charge in [0.1, 0.15) is 17.3 Å². The molecule has 7 heteroatoms. The van der Waals surface area contributed by atoms with Crippen molar-refractivity contribution in [2.75, 3.05) is 7.05 Å². The van der Waals surface area contributed by atoms with Gasteiger partial charge in [-0.1, -0.05) is 13.8 Å². The molecule has 1 fully saturated rings. The Labute approximate surface area is 165 Å². The topological polar surface area (TPSA) is 90.1 Å². The van der Waals surface area contributed by atoms with E-state index in [0.717, 1.165) is 30.0 Å². The molecule has 2 aliphatic rings. The summed E-state index contributed by atoms with van der Waals surface area (Å²) in [6, 6.07) is 0.653. The SMILES string of the molecule is CC.CC(N)=O.CNC1CCC(Oc2ncnc3sc4c(c23)CCC4)CC1. The van der Waals surface area contributed by atoms with E-state index < -0.39 is 0 Å². The summed E-state index contributed by atoms with van der Waals surface area (Å²) in [5.74, 6) is 0.493. The number of amides is 1. The average molecular weight is 393 g/mol. The first-order valence-corrected chi connectivity index (χ1v) is 10.7. The van der Waals surface area contributed by atoms with Crippen LogP contribution in [0.5, 0.6) is 5.88 Å². The van der Waals surface area contributed by atoms with Gasteiger partial charge in [0.05, 0.1) is 5.39 Å². The number of hydrogen-bond acceptors (Lipinski definition) is 6. The maximum absolute atomic E-state index is 9.22. The third-order valence-corrected chi connectivity index (χ3v) is 6.03. The first-order chi connectivity index (χ1) is 13.1. The summed E-state index contributed by atoms with van der Waals surface area (Å²) in [5, 5.41) is 4.57. The normalized spacial score (nSPS) is 20.7. The molecule has 0 spiro atoms. The van der Waals surface area contributed by atoms with Gasteiger partial charge in [0, 0.05) is 17.8 Å². The Hall–Kier alpha value is -1.73. The molecule has 0 atom stereocenters. The fourth-order valence-corrected chi connectivity index (χ4v) is 4.84. The Morgan fingerprint density at radius 3 is 2.52 bits per heavy atom. The number of hydrogen-bond donors (Lipinski definition) is 2. The van der Waals surface area contributed by atoms with Gasteiger partial charge in [-0.25, -0.2) is 9.97 Å². The second kappa shape index (κ2) is 10.6. The van der Waals surface area contributed by atoms with E-state index in [0.29, 0.717) is 12.1 Å².